The number of benzene rings is 1. The van der Waals surface area contributed by atoms with Crippen molar-refractivity contribution in [3.05, 3.63) is 18.2 Å². The first-order chi connectivity index (χ1) is 11.5. The van der Waals surface area contributed by atoms with E-state index in [1.165, 1.54) is 0 Å². The average Bonchev–Trinajstić information content (AvgIpc) is 2.55. The molecule has 1 aliphatic rings. The number of carboxylic acids is 1. The van der Waals surface area contributed by atoms with Crippen molar-refractivity contribution in [2.75, 3.05) is 16.8 Å². The van der Waals surface area contributed by atoms with Crippen LogP contribution in [0.5, 0.6) is 5.75 Å². The van der Waals surface area contributed by atoms with Gasteiger partial charge < -0.3 is 20.1 Å². The molecule has 0 saturated heterocycles. The Kier molecular flexibility index (Phi) is 5.78. The summed E-state index contributed by atoms with van der Waals surface area (Å²) in [6.45, 7) is 4.49. The number of nitrogens with one attached hydrogen (secondary N) is 1. The number of hydrogen-bond acceptors (Lipinski definition) is 4. The van der Waals surface area contributed by atoms with E-state index in [-0.39, 0.29) is 24.7 Å². The molecule has 1 aromatic rings. The van der Waals surface area contributed by atoms with E-state index in [0.717, 1.165) is 6.42 Å². The van der Waals surface area contributed by atoms with Gasteiger partial charge in [0.1, 0.15) is 5.75 Å². The van der Waals surface area contributed by atoms with Crippen molar-refractivity contribution in [2.24, 2.45) is 0 Å². The Labute approximate surface area is 140 Å². The predicted molar refractivity (Wildman–Crippen MR) is 89.3 cm³/mol. The van der Waals surface area contributed by atoms with Gasteiger partial charge in [0.2, 0.25) is 5.91 Å². The molecule has 0 radical (unpaired) electrons. The Morgan fingerprint density at radius 3 is 2.67 bits per heavy atom. The van der Waals surface area contributed by atoms with Gasteiger partial charge in [-0.2, -0.15) is 0 Å². The number of carboxylic acid groups (broad SMARTS) is 1. The number of nitrogens with zero attached hydrogens (tertiary/aromatic N) is 1. The molecule has 0 fully saturated rings. The van der Waals surface area contributed by atoms with Crippen LogP contribution in [-0.2, 0) is 14.4 Å². The Bertz CT molecular complexity index is 644. The smallest absolute Gasteiger partial charge is 0.303 e. The number of rotatable bonds is 7. The fraction of sp³-hybridized carbons (Fsp3) is 0.471. The number of amides is 2. The predicted octanol–water partition coefficient (Wildman–Crippen LogP) is 2.40. The molecule has 130 valence electrons. The molecule has 2 rings (SSSR count). The normalized spacial score (nSPS) is 16.3. The zero-order chi connectivity index (χ0) is 17.7. The lowest BCUT2D eigenvalue weighted by Gasteiger charge is -2.34. The summed E-state index contributed by atoms with van der Waals surface area (Å²) in [6.07, 6.45) is 0.556. The lowest BCUT2D eigenvalue weighted by atomic mass is 10.1. The third-order valence-corrected chi connectivity index (χ3v) is 3.73. The summed E-state index contributed by atoms with van der Waals surface area (Å²) in [5, 5.41) is 11.3. The third kappa shape index (κ3) is 4.04. The standard InChI is InChI=1S/C17H22N2O5/c1-3-9-19-12-6-5-11(18-15(20)7-8-16(21)22)10-14(12)24-13(4-2)17(19)23/h5-6,10,13H,3-4,7-9H2,1-2H3,(H,18,20)(H,21,22). The van der Waals surface area contributed by atoms with Crippen LogP contribution < -0.4 is 15.0 Å². The summed E-state index contributed by atoms with van der Waals surface area (Å²) >= 11 is 0. The van der Waals surface area contributed by atoms with Crippen LogP contribution in [0.25, 0.3) is 0 Å². The number of anilines is 2. The second-order valence-corrected chi connectivity index (χ2v) is 5.63. The first-order valence-electron chi connectivity index (χ1n) is 8.10. The molecule has 0 aromatic heterocycles. The number of fused-ring (bicyclic) bond motifs is 1. The molecule has 0 bridgehead atoms. The zero-order valence-electron chi connectivity index (χ0n) is 13.9. The summed E-state index contributed by atoms with van der Waals surface area (Å²) in [4.78, 5) is 36.4. The van der Waals surface area contributed by atoms with Crippen molar-refractivity contribution in [3.63, 3.8) is 0 Å². The van der Waals surface area contributed by atoms with Crippen LogP contribution in [-0.4, -0.2) is 35.5 Å². The van der Waals surface area contributed by atoms with Crippen molar-refractivity contribution in [2.45, 2.75) is 45.6 Å². The van der Waals surface area contributed by atoms with E-state index >= 15 is 0 Å². The highest BCUT2D eigenvalue weighted by molar-refractivity contribution is 6.01. The first kappa shape index (κ1) is 17.8. The summed E-state index contributed by atoms with van der Waals surface area (Å²) in [5.41, 5.74) is 1.21. The van der Waals surface area contributed by atoms with Gasteiger partial charge in [-0.15, -0.1) is 0 Å². The molecule has 2 N–H and O–H groups in total. The van der Waals surface area contributed by atoms with Crippen LogP contribution in [0.4, 0.5) is 11.4 Å². The summed E-state index contributed by atoms with van der Waals surface area (Å²) in [5.74, 6) is -0.892. The monoisotopic (exact) mass is 334 g/mol. The van der Waals surface area contributed by atoms with Crippen molar-refractivity contribution < 1.29 is 24.2 Å². The second-order valence-electron chi connectivity index (χ2n) is 5.63. The Hall–Kier alpha value is -2.57. The minimum Gasteiger partial charge on any atom is -0.481 e. The fourth-order valence-corrected chi connectivity index (χ4v) is 2.56. The molecule has 1 atom stereocenters. The van der Waals surface area contributed by atoms with Gasteiger partial charge in [-0.25, -0.2) is 0 Å². The summed E-state index contributed by atoms with van der Waals surface area (Å²) in [6, 6.07) is 5.09. The van der Waals surface area contributed by atoms with E-state index in [0.29, 0.717) is 30.1 Å². The zero-order valence-corrected chi connectivity index (χ0v) is 13.9. The molecule has 24 heavy (non-hydrogen) atoms. The maximum absolute atomic E-state index is 12.4. The number of hydrogen-bond donors (Lipinski definition) is 2. The summed E-state index contributed by atoms with van der Waals surface area (Å²) in [7, 11) is 0. The number of aliphatic carboxylic acids is 1. The molecule has 1 aromatic carbocycles. The van der Waals surface area contributed by atoms with Gasteiger partial charge in [0.05, 0.1) is 12.1 Å². The molecule has 1 unspecified atom stereocenters. The van der Waals surface area contributed by atoms with Gasteiger partial charge in [0.15, 0.2) is 6.10 Å². The van der Waals surface area contributed by atoms with Crippen molar-refractivity contribution in [1.82, 2.24) is 0 Å². The quantitative estimate of drug-likeness (QED) is 0.798. The second kappa shape index (κ2) is 7.81. The average molecular weight is 334 g/mol. The lowest BCUT2D eigenvalue weighted by molar-refractivity contribution is -0.138. The van der Waals surface area contributed by atoms with E-state index in [1.54, 1.807) is 23.1 Å². The van der Waals surface area contributed by atoms with Crippen molar-refractivity contribution >= 4 is 29.2 Å². The van der Waals surface area contributed by atoms with Gasteiger partial charge in [0, 0.05) is 24.7 Å². The number of carbonyl (C=O) groups is 3. The molecular weight excluding hydrogens is 312 g/mol. The highest BCUT2D eigenvalue weighted by atomic mass is 16.5. The minimum absolute atomic E-state index is 0.0508. The fourth-order valence-electron chi connectivity index (χ4n) is 2.56. The van der Waals surface area contributed by atoms with Gasteiger partial charge >= 0.3 is 5.97 Å². The molecule has 1 aliphatic heterocycles. The molecule has 0 spiro atoms. The molecule has 2 amide bonds. The Balaban J connectivity index is 2.18. The van der Waals surface area contributed by atoms with Crippen molar-refractivity contribution in [3.8, 4) is 5.75 Å². The van der Waals surface area contributed by atoms with Crippen LogP contribution in [0.3, 0.4) is 0 Å². The van der Waals surface area contributed by atoms with Crippen LogP contribution in [0.2, 0.25) is 0 Å². The number of ether oxygens (including phenoxy) is 1. The molecule has 0 aliphatic carbocycles. The minimum atomic E-state index is -1.02. The topological polar surface area (TPSA) is 95.9 Å². The number of carbonyl (C=O) groups excluding carboxylic acids is 2. The van der Waals surface area contributed by atoms with Crippen molar-refractivity contribution in [1.29, 1.82) is 0 Å². The van der Waals surface area contributed by atoms with E-state index in [9.17, 15) is 14.4 Å². The van der Waals surface area contributed by atoms with Crippen LogP contribution in [0.15, 0.2) is 18.2 Å². The van der Waals surface area contributed by atoms with E-state index in [2.05, 4.69) is 5.32 Å². The molecule has 1 heterocycles. The molecule has 7 nitrogen and oxygen atoms in total. The highest BCUT2D eigenvalue weighted by Gasteiger charge is 2.32. The van der Waals surface area contributed by atoms with Crippen LogP contribution in [0, 0.1) is 0 Å². The van der Waals surface area contributed by atoms with E-state index < -0.39 is 12.1 Å². The van der Waals surface area contributed by atoms with E-state index in [1.807, 2.05) is 13.8 Å². The molecule has 7 heteroatoms. The maximum Gasteiger partial charge on any atom is 0.303 e. The highest BCUT2D eigenvalue weighted by Crippen LogP contribution is 2.37. The molecule has 0 saturated carbocycles. The first-order valence-corrected chi connectivity index (χ1v) is 8.10. The van der Waals surface area contributed by atoms with Crippen LogP contribution in [0.1, 0.15) is 39.5 Å². The van der Waals surface area contributed by atoms with Gasteiger partial charge in [-0.3, -0.25) is 14.4 Å². The van der Waals surface area contributed by atoms with E-state index in [4.69, 9.17) is 9.84 Å². The molecular formula is C17H22N2O5. The van der Waals surface area contributed by atoms with Crippen LogP contribution >= 0.6 is 0 Å². The SMILES string of the molecule is CCCN1C(=O)C(CC)Oc2cc(NC(=O)CCC(=O)O)ccc21. The van der Waals surface area contributed by atoms with Gasteiger partial charge in [0.25, 0.3) is 5.91 Å². The third-order valence-electron chi connectivity index (χ3n) is 3.73. The summed E-state index contributed by atoms with van der Waals surface area (Å²) < 4.78 is 5.75. The van der Waals surface area contributed by atoms with Gasteiger partial charge in [-0.1, -0.05) is 13.8 Å². The van der Waals surface area contributed by atoms with Gasteiger partial charge in [-0.05, 0) is 25.0 Å². The lowest BCUT2D eigenvalue weighted by Crippen LogP contribution is -2.46. The Morgan fingerprint density at radius 2 is 2.04 bits per heavy atom. The largest absolute Gasteiger partial charge is 0.481 e. The maximum atomic E-state index is 12.4. The Morgan fingerprint density at radius 1 is 1.29 bits per heavy atom.